The van der Waals surface area contributed by atoms with Gasteiger partial charge in [-0.05, 0) is 40.2 Å². The second-order valence-electron chi connectivity index (χ2n) is 5.06. The summed E-state index contributed by atoms with van der Waals surface area (Å²) in [7, 11) is 1.43. The molecule has 0 aromatic carbocycles. The average Bonchev–Trinajstić information content (AvgIpc) is 2.73. The molecule has 1 rings (SSSR count). The minimum absolute atomic E-state index is 0.217. The number of ether oxygens (including phenoxy) is 1. The molecule has 0 spiro atoms. The van der Waals surface area contributed by atoms with Crippen LogP contribution in [-0.4, -0.2) is 30.4 Å². The lowest BCUT2D eigenvalue weighted by Gasteiger charge is -2.30. The molecule has 0 saturated carbocycles. The van der Waals surface area contributed by atoms with Gasteiger partial charge >= 0.3 is 5.97 Å². The summed E-state index contributed by atoms with van der Waals surface area (Å²) in [6, 6.07) is 2.18. The molecule has 0 aliphatic heterocycles. The summed E-state index contributed by atoms with van der Waals surface area (Å²) < 4.78 is 10.2. The number of methoxy groups -OCH3 is 1. The molecule has 0 fully saturated rings. The highest BCUT2D eigenvalue weighted by molar-refractivity contribution is 7.99. The largest absolute Gasteiger partial charge is 0.468 e. The van der Waals surface area contributed by atoms with E-state index in [9.17, 15) is 4.79 Å². The first-order valence-electron chi connectivity index (χ1n) is 6.42. The van der Waals surface area contributed by atoms with Gasteiger partial charge in [0.25, 0.3) is 0 Å². The zero-order chi connectivity index (χ0) is 14.5. The molecule has 0 radical (unpaired) electrons. The van der Waals surface area contributed by atoms with E-state index >= 15 is 0 Å². The summed E-state index contributed by atoms with van der Waals surface area (Å²) in [5.74, 6) is 1.53. The summed E-state index contributed by atoms with van der Waals surface area (Å²) in [6.45, 7) is 7.87. The van der Waals surface area contributed by atoms with Crippen molar-refractivity contribution in [2.45, 2.75) is 50.6 Å². The van der Waals surface area contributed by atoms with Gasteiger partial charge < -0.3 is 9.15 Å². The zero-order valence-electron chi connectivity index (χ0n) is 12.3. The Labute approximate surface area is 119 Å². The van der Waals surface area contributed by atoms with E-state index in [1.54, 1.807) is 18.0 Å². The number of thioether (sulfide) groups is 1. The number of rotatable bonds is 7. The number of hydrogen-bond donors (Lipinski definition) is 1. The molecule has 1 atom stereocenters. The molecule has 4 nitrogen and oxygen atoms in total. The Hall–Kier alpha value is -0.940. The van der Waals surface area contributed by atoms with Gasteiger partial charge in [-0.3, -0.25) is 10.1 Å². The van der Waals surface area contributed by atoms with Crippen LogP contribution in [0.25, 0.3) is 0 Å². The van der Waals surface area contributed by atoms with Crippen molar-refractivity contribution in [2.75, 3.05) is 12.9 Å². The van der Waals surface area contributed by atoms with Crippen molar-refractivity contribution < 1.29 is 13.9 Å². The van der Waals surface area contributed by atoms with Crippen LogP contribution in [0.1, 0.15) is 33.0 Å². The fourth-order valence-corrected chi connectivity index (χ4v) is 3.12. The molecule has 1 N–H and O–H groups in total. The highest BCUT2D eigenvalue weighted by Crippen LogP contribution is 2.26. The van der Waals surface area contributed by atoms with Gasteiger partial charge in [0.1, 0.15) is 11.3 Å². The van der Waals surface area contributed by atoms with Gasteiger partial charge in [-0.1, -0.05) is 0 Å². The molecule has 1 aromatic heterocycles. The Balaban J connectivity index is 2.58. The Morgan fingerprint density at radius 3 is 2.74 bits per heavy atom. The van der Waals surface area contributed by atoms with Gasteiger partial charge in [-0.2, -0.15) is 0 Å². The first-order chi connectivity index (χ1) is 8.89. The Bertz CT molecular complexity index is 417. The predicted molar refractivity (Wildman–Crippen MR) is 77.5 cm³/mol. The van der Waals surface area contributed by atoms with Crippen LogP contribution in [0.15, 0.2) is 21.6 Å². The van der Waals surface area contributed by atoms with Crippen molar-refractivity contribution in [3.8, 4) is 0 Å². The number of carbonyl (C=O) groups excluding carboxylic acids is 1. The lowest BCUT2D eigenvalue weighted by atomic mass is 9.98. The van der Waals surface area contributed by atoms with Crippen molar-refractivity contribution in [3.05, 3.63) is 18.1 Å². The number of aryl methyl sites for hydroxylation is 1. The molecule has 0 amide bonds. The van der Waals surface area contributed by atoms with Gasteiger partial charge in [0.05, 0.1) is 13.4 Å². The van der Waals surface area contributed by atoms with Gasteiger partial charge in [-0.15, -0.1) is 11.8 Å². The standard InChI is InChI=1S/C14H23NO3S/c1-10(2)15-14(4,13(16)17-5)7-9-19-12-6-8-18-11(12)3/h6,8,10,15H,7,9H2,1-5H3. The third kappa shape index (κ3) is 4.58. The fourth-order valence-electron chi connectivity index (χ4n) is 1.98. The highest BCUT2D eigenvalue weighted by atomic mass is 32.2. The molecule has 0 aliphatic rings. The summed E-state index contributed by atoms with van der Waals surface area (Å²) in [6.07, 6.45) is 2.39. The van der Waals surface area contributed by atoms with Crippen LogP contribution in [-0.2, 0) is 9.53 Å². The van der Waals surface area contributed by atoms with Crippen LogP contribution < -0.4 is 5.32 Å². The summed E-state index contributed by atoms with van der Waals surface area (Å²) in [4.78, 5) is 13.0. The number of esters is 1. The van der Waals surface area contributed by atoms with Crippen molar-refractivity contribution in [2.24, 2.45) is 0 Å². The molecule has 108 valence electrons. The molecule has 0 bridgehead atoms. The minimum Gasteiger partial charge on any atom is -0.468 e. The van der Waals surface area contributed by atoms with Gasteiger partial charge in [0.2, 0.25) is 0 Å². The van der Waals surface area contributed by atoms with Crippen LogP contribution in [0, 0.1) is 6.92 Å². The number of nitrogens with one attached hydrogen (secondary N) is 1. The second kappa shape index (κ2) is 7.01. The lowest BCUT2D eigenvalue weighted by molar-refractivity contribution is -0.148. The lowest BCUT2D eigenvalue weighted by Crippen LogP contribution is -2.53. The van der Waals surface area contributed by atoms with Crippen LogP contribution in [0.5, 0.6) is 0 Å². The van der Waals surface area contributed by atoms with Crippen molar-refractivity contribution in [1.82, 2.24) is 5.32 Å². The molecule has 5 heteroatoms. The quantitative estimate of drug-likeness (QED) is 0.616. The monoisotopic (exact) mass is 285 g/mol. The number of hydrogen-bond acceptors (Lipinski definition) is 5. The number of carbonyl (C=O) groups is 1. The van der Waals surface area contributed by atoms with E-state index < -0.39 is 5.54 Å². The van der Waals surface area contributed by atoms with E-state index in [0.29, 0.717) is 6.42 Å². The SMILES string of the molecule is COC(=O)C(C)(CCSc1ccoc1C)NC(C)C. The highest BCUT2D eigenvalue weighted by Gasteiger charge is 2.34. The average molecular weight is 285 g/mol. The van der Waals surface area contributed by atoms with Crippen LogP contribution in [0.4, 0.5) is 0 Å². The maximum atomic E-state index is 11.9. The van der Waals surface area contributed by atoms with Crippen LogP contribution >= 0.6 is 11.8 Å². The normalized spacial score (nSPS) is 14.4. The van der Waals surface area contributed by atoms with E-state index in [2.05, 4.69) is 5.32 Å². The molecule has 1 aromatic rings. The molecule has 1 unspecified atom stereocenters. The molecular weight excluding hydrogens is 262 g/mol. The third-order valence-corrected chi connectivity index (χ3v) is 4.06. The van der Waals surface area contributed by atoms with E-state index in [1.165, 1.54) is 7.11 Å². The zero-order valence-corrected chi connectivity index (χ0v) is 13.1. The summed E-state index contributed by atoms with van der Waals surface area (Å²) in [5, 5.41) is 3.29. The van der Waals surface area contributed by atoms with Crippen molar-refractivity contribution in [1.29, 1.82) is 0 Å². The van der Waals surface area contributed by atoms with Gasteiger partial charge in [-0.25, -0.2) is 0 Å². The molecule has 0 aliphatic carbocycles. The summed E-state index contributed by atoms with van der Waals surface area (Å²) >= 11 is 1.69. The Morgan fingerprint density at radius 2 is 2.26 bits per heavy atom. The van der Waals surface area contributed by atoms with E-state index in [-0.39, 0.29) is 12.0 Å². The van der Waals surface area contributed by atoms with Gasteiger partial charge in [0, 0.05) is 16.7 Å². The Morgan fingerprint density at radius 1 is 1.58 bits per heavy atom. The second-order valence-corrected chi connectivity index (χ2v) is 6.20. The predicted octanol–water partition coefficient (Wildman–Crippen LogP) is 3.00. The summed E-state index contributed by atoms with van der Waals surface area (Å²) in [5.41, 5.74) is -0.645. The van der Waals surface area contributed by atoms with Crippen LogP contribution in [0.3, 0.4) is 0 Å². The smallest absolute Gasteiger partial charge is 0.325 e. The van der Waals surface area contributed by atoms with Crippen LogP contribution in [0.2, 0.25) is 0 Å². The van der Waals surface area contributed by atoms with E-state index in [1.807, 2.05) is 33.8 Å². The fraction of sp³-hybridized carbons (Fsp3) is 0.643. The Kier molecular flexibility index (Phi) is 5.94. The van der Waals surface area contributed by atoms with Gasteiger partial charge in [0.15, 0.2) is 0 Å². The first-order valence-corrected chi connectivity index (χ1v) is 7.40. The van der Waals surface area contributed by atoms with E-state index in [4.69, 9.17) is 9.15 Å². The minimum atomic E-state index is -0.645. The first kappa shape index (κ1) is 16.1. The molecule has 1 heterocycles. The van der Waals surface area contributed by atoms with Crippen molar-refractivity contribution in [3.63, 3.8) is 0 Å². The van der Waals surface area contributed by atoms with E-state index in [0.717, 1.165) is 16.4 Å². The molecular formula is C14H23NO3S. The number of furan rings is 1. The molecule has 19 heavy (non-hydrogen) atoms. The maximum absolute atomic E-state index is 11.9. The topological polar surface area (TPSA) is 51.5 Å². The maximum Gasteiger partial charge on any atom is 0.325 e. The van der Waals surface area contributed by atoms with Crippen molar-refractivity contribution >= 4 is 17.7 Å². The molecule has 0 saturated heterocycles. The third-order valence-electron chi connectivity index (χ3n) is 2.91.